The second kappa shape index (κ2) is 5.66. The van der Waals surface area contributed by atoms with Gasteiger partial charge in [-0.1, -0.05) is 25.5 Å². The molecule has 2 aliphatic heterocycles. The van der Waals surface area contributed by atoms with E-state index >= 15 is 0 Å². The molecule has 1 fully saturated rings. The molecule has 1 unspecified atom stereocenters. The fraction of sp³-hybridized carbons (Fsp3) is 0.562. The smallest absolute Gasteiger partial charge is 0.214 e. The minimum Gasteiger partial charge on any atom is -0.485 e. The average molecular weight is 323 g/mol. The summed E-state index contributed by atoms with van der Waals surface area (Å²) < 4.78 is 32.2. The summed E-state index contributed by atoms with van der Waals surface area (Å²) in [5, 5.41) is 0. The zero-order valence-corrected chi connectivity index (χ0v) is 13.6. The lowest BCUT2D eigenvalue weighted by Crippen LogP contribution is -2.45. The number of nitrogens with zero attached hydrogens (tertiary/aromatic N) is 1. The largest absolute Gasteiger partial charge is 0.485 e. The van der Waals surface area contributed by atoms with Crippen molar-refractivity contribution in [1.82, 2.24) is 4.31 Å². The van der Waals surface area contributed by atoms with Crippen LogP contribution in [-0.2, 0) is 10.0 Å². The predicted octanol–water partition coefficient (Wildman–Crippen LogP) is 2.23. The van der Waals surface area contributed by atoms with Crippen molar-refractivity contribution in [3.8, 4) is 5.75 Å². The summed E-state index contributed by atoms with van der Waals surface area (Å²) in [6.45, 7) is 2.68. The standard InChI is InChI=1S/C16H21NO4S/c1-2-3-10-22(19,20)17-9-8-16(12-17)11-14(18)13-6-4-5-7-15(13)21-16/h4-7H,2-3,8-12H2,1H3. The quantitative estimate of drug-likeness (QED) is 0.852. The minimum absolute atomic E-state index is 0.0367. The minimum atomic E-state index is -3.25. The van der Waals surface area contributed by atoms with Crippen LogP contribution in [0.5, 0.6) is 5.75 Å². The van der Waals surface area contributed by atoms with E-state index < -0.39 is 15.6 Å². The molecule has 120 valence electrons. The zero-order chi connectivity index (χ0) is 15.8. The number of carbonyl (C=O) groups is 1. The van der Waals surface area contributed by atoms with Crippen LogP contribution >= 0.6 is 0 Å². The van der Waals surface area contributed by atoms with Gasteiger partial charge in [0.1, 0.15) is 11.4 Å². The lowest BCUT2D eigenvalue weighted by atomic mass is 9.89. The Bertz CT molecular complexity index is 685. The molecule has 6 heteroatoms. The maximum Gasteiger partial charge on any atom is 0.214 e. The first-order valence-corrected chi connectivity index (χ1v) is 9.36. The summed E-state index contributed by atoms with van der Waals surface area (Å²) in [6, 6.07) is 7.18. The molecule has 0 radical (unpaired) electrons. The zero-order valence-electron chi connectivity index (χ0n) is 12.7. The predicted molar refractivity (Wildman–Crippen MR) is 83.6 cm³/mol. The highest BCUT2D eigenvalue weighted by Crippen LogP contribution is 2.39. The number of hydrogen-bond acceptors (Lipinski definition) is 4. The van der Waals surface area contributed by atoms with E-state index in [1.807, 2.05) is 19.1 Å². The molecule has 0 aliphatic carbocycles. The van der Waals surface area contributed by atoms with Gasteiger partial charge < -0.3 is 4.74 Å². The molecule has 0 N–H and O–H groups in total. The second-order valence-corrected chi connectivity index (χ2v) is 8.22. The van der Waals surface area contributed by atoms with Gasteiger partial charge in [-0.25, -0.2) is 8.42 Å². The van der Waals surface area contributed by atoms with Crippen LogP contribution in [0.4, 0.5) is 0 Å². The van der Waals surface area contributed by atoms with Gasteiger partial charge in [-0.15, -0.1) is 0 Å². The number of unbranched alkanes of at least 4 members (excludes halogenated alkanes) is 1. The Labute approximate surface area is 131 Å². The van der Waals surface area contributed by atoms with Crippen LogP contribution < -0.4 is 4.74 Å². The van der Waals surface area contributed by atoms with Gasteiger partial charge in [0.05, 0.1) is 24.3 Å². The molecule has 2 heterocycles. The van der Waals surface area contributed by atoms with Crippen molar-refractivity contribution in [1.29, 1.82) is 0 Å². The summed E-state index contributed by atoms with van der Waals surface area (Å²) in [6.07, 6.45) is 2.33. The SMILES string of the molecule is CCCCS(=O)(=O)N1CCC2(CC(=O)c3ccccc3O2)C1. The third kappa shape index (κ3) is 2.77. The summed E-state index contributed by atoms with van der Waals surface area (Å²) in [7, 11) is -3.25. The van der Waals surface area contributed by atoms with Crippen LogP contribution in [0.3, 0.4) is 0 Å². The van der Waals surface area contributed by atoms with Crippen molar-refractivity contribution < 1.29 is 17.9 Å². The number of rotatable bonds is 4. The molecule has 5 nitrogen and oxygen atoms in total. The lowest BCUT2D eigenvalue weighted by Gasteiger charge is -2.34. The van der Waals surface area contributed by atoms with Gasteiger partial charge in [-0.05, 0) is 18.6 Å². The first-order chi connectivity index (χ1) is 10.5. The fourth-order valence-corrected chi connectivity index (χ4v) is 4.89. The first kappa shape index (κ1) is 15.5. The molecule has 3 rings (SSSR count). The van der Waals surface area contributed by atoms with E-state index in [9.17, 15) is 13.2 Å². The number of sulfonamides is 1. The first-order valence-electron chi connectivity index (χ1n) is 7.75. The normalized spacial score (nSPS) is 25.2. The molecule has 1 aromatic carbocycles. The topological polar surface area (TPSA) is 63.7 Å². The molecule has 1 spiro atoms. The van der Waals surface area contributed by atoms with Crippen LogP contribution in [0.2, 0.25) is 0 Å². The number of fused-ring (bicyclic) bond motifs is 1. The number of para-hydroxylation sites is 1. The van der Waals surface area contributed by atoms with Crippen molar-refractivity contribution in [3.05, 3.63) is 29.8 Å². The van der Waals surface area contributed by atoms with Crippen molar-refractivity contribution in [2.24, 2.45) is 0 Å². The van der Waals surface area contributed by atoms with Crippen molar-refractivity contribution in [2.45, 2.75) is 38.2 Å². The van der Waals surface area contributed by atoms with Gasteiger partial charge in [0.2, 0.25) is 10.0 Å². The van der Waals surface area contributed by atoms with Crippen LogP contribution in [-0.4, -0.2) is 42.9 Å². The number of benzene rings is 1. The van der Waals surface area contributed by atoms with Gasteiger partial charge in [0.15, 0.2) is 5.78 Å². The third-order valence-electron chi connectivity index (χ3n) is 4.43. The van der Waals surface area contributed by atoms with E-state index in [4.69, 9.17) is 4.74 Å². The van der Waals surface area contributed by atoms with Gasteiger partial charge >= 0.3 is 0 Å². The Kier molecular flexibility index (Phi) is 3.99. The summed E-state index contributed by atoms with van der Waals surface area (Å²) in [5.41, 5.74) is -0.0922. The molecular weight excluding hydrogens is 302 g/mol. The van der Waals surface area contributed by atoms with E-state index in [0.29, 0.717) is 30.7 Å². The summed E-state index contributed by atoms with van der Waals surface area (Å²) >= 11 is 0. The number of ether oxygens (including phenoxy) is 1. The Hall–Kier alpha value is -1.40. The monoisotopic (exact) mass is 323 g/mol. The maximum atomic E-state index is 12.3. The summed E-state index contributed by atoms with van der Waals surface area (Å²) in [4.78, 5) is 12.3. The van der Waals surface area contributed by atoms with Crippen LogP contribution in [0.1, 0.15) is 43.0 Å². The molecular formula is C16H21NO4S. The highest BCUT2D eigenvalue weighted by atomic mass is 32.2. The Morgan fingerprint density at radius 2 is 2.09 bits per heavy atom. The molecule has 0 saturated carbocycles. The molecule has 0 amide bonds. The molecule has 1 atom stereocenters. The Morgan fingerprint density at radius 1 is 1.32 bits per heavy atom. The highest BCUT2D eigenvalue weighted by Gasteiger charge is 2.48. The third-order valence-corrected chi connectivity index (χ3v) is 6.33. The fourth-order valence-electron chi connectivity index (χ4n) is 3.17. The Balaban J connectivity index is 1.79. The van der Waals surface area contributed by atoms with Crippen LogP contribution in [0.25, 0.3) is 0 Å². The van der Waals surface area contributed by atoms with E-state index in [1.165, 1.54) is 4.31 Å². The molecule has 22 heavy (non-hydrogen) atoms. The average Bonchev–Trinajstić information content (AvgIpc) is 2.89. The van der Waals surface area contributed by atoms with Crippen LogP contribution in [0, 0.1) is 0 Å². The molecule has 0 aromatic heterocycles. The van der Waals surface area contributed by atoms with Crippen molar-refractivity contribution in [3.63, 3.8) is 0 Å². The van der Waals surface area contributed by atoms with Gasteiger partial charge in [0, 0.05) is 13.0 Å². The molecule has 1 saturated heterocycles. The van der Waals surface area contributed by atoms with Crippen molar-refractivity contribution in [2.75, 3.05) is 18.8 Å². The summed E-state index contributed by atoms with van der Waals surface area (Å²) in [5.74, 6) is 0.783. The molecule has 1 aromatic rings. The molecule has 0 bridgehead atoms. The molecule has 2 aliphatic rings. The van der Waals surface area contributed by atoms with E-state index in [0.717, 1.165) is 6.42 Å². The van der Waals surface area contributed by atoms with Crippen molar-refractivity contribution >= 4 is 15.8 Å². The van der Waals surface area contributed by atoms with E-state index in [-0.39, 0.29) is 24.5 Å². The number of ketones is 1. The lowest BCUT2D eigenvalue weighted by molar-refractivity contribution is 0.0498. The van der Waals surface area contributed by atoms with Crippen LogP contribution in [0.15, 0.2) is 24.3 Å². The highest BCUT2D eigenvalue weighted by molar-refractivity contribution is 7.89. The van der Waals surface area contributed by atoms with Gasteiger partial charge in [-0.3, -0.25) is 4.79 Å². The number of Topliss-reactive ketones (excluding diaryl/α,β-unsaturated/α-hetero) is 1. The Morgan fingerprint density at radius 3 is 2.86 bits per heavy atom. The van der Waals surface area contributed by atoms with Gasteiger partial charge in [-0.2, -0.15) is 4.31 Å². The van der Waals surface area contributed by atoms with Gasteiger partial charge in [0.25, 0.3) is 0 Å². The number of hydrogen-bond donors (Lipinski definition) is 0. The van der Waals surface area contributed by atoms with E-state index in [2.05, 4.69) is 0 Å². The number of carbonyl (C=O) groups excluding carboxylic acids is 1. The maximum absolute atomic E-state index is 12.3. The second-order valence-electron chi connectivity index (χ2n) is 6.13. The van der Waals surface area contributed by atoms with E-state index in [1.54, 1.807) is 12.1 Å².